The van der Waals surface area contributed by atoms with Crippen LogP contribution >= 0.6 is 0 Å². The summed E-state index contributed by atoms with van der Waals surface area (Å²) < 4.78 is 10.2. The highest BCUT2D eigenvalue weighted by molar-refractivity contribution is 5.68. The summed E-state index contributed by atoms with van der Waals surface area (Å²) in [7, 11) is 1.63. The Morgan fingerprint density at radius 2 is 2.19 bits per heavy atom. The summed E-state index contributed by atoms with van der Waals surface area (Å²) in [6, 6.07) is 1.30. The molecule has 0 fully saturated rings. The van der Waals surface area contributed by atoms with Gasteiger partial charge >= 0.3 is 11.7 Å². The predicted octanol–water partition coefficient (Wildman–Crippen LogP) is 3.07. The number of amides is 1. The Bertz CT molecular complexity index is 613. The van der Waals surface area contributed by atoms with Gasteiger partial charge in [0.05, 0.1) is 0 Å². The fraction of sp³-hybridized carbons (Fsp3) is 0.250. The molecule has 1 amide bonds. The molecule has 112 valence electrons. The monoisotopic (exact) mass is 289 g/mol. The molecule has 0 aromatic carbocycles. The molecule has 0 aliphatic carbocycles. The average molecular weight is 289 g/mol. The second kappa shape index (κ2) is 7.89. The van der Waals surface area contributed by atoms with Gasteiger partial charge in [-0.15, -0.1) is 0 Å². The lowest BCUT2D eigenvalue weighted by Crippen LogP contribution is -2.27. The highest BCUT2D eigenvalue weighted by Crippen LogP contribution is 2.17. The number of carbonyl (C=O) groups excluding carboxylic acids is 1. The maximum Gasteiger partial charge on any atom is 0.409 e. The molecule has 1 rings (SSSR count). The summed E-state index contributed by atoms with van der Waals surface area (Å²) in [5.74, 6) is 0.329. The molecule has 0 spiro atoms. The Kier molecular flexibility index (Phi) is 6.20. The van der Waals surface area contributed by atoms with Gasteiger partial charge in [-0.25, -0.2) is 9.59 Å². The molecular weight excluding hydrogens is 270 g/mol. The van der Waals surface area contributed by atoms with E-state index in [-0.39, 0.29) is 6.61 Å². The van der Waals surface area contributed by atoms with Crippen molar-refractivity contribution in [1.82, 2.24) is 4.90 Å². The first-order valence-electron chi connectivity index (χ1n) is 6.49. The number of carbonyl (C=O) groups is 1. The zero-order valence-corrected chi connectivity index (χ0v) is 12.3. The molecule has 0 aliphatic rings. The van der Waals surface area contributed by atoms with Gasteiger partial charge in [0.1, 0.15) is 12.4 Å². The Labute approximate surface area is 123 Å². The van der Waals surface area contributed by atoms with Gasteiger partial charge in [-0.05, 0) is 13.0 Å². The van der Waals surface area contributed by atoms with E-state index < -0.39 is 11.7 Å². The lowest BCUT2D eigenvalue weighted by atomic mass is 10.1. The van der Waals surface area contributed by atoms with Crippen molar-refractivity contribution in [2.24, 2.45) is 0 Å². The summed E-state index contributed by atoms with van der Waals surface area (Å²) in [4.78, 5) is 24.6. The number of hydrogen-bond acceptors (Lipinski definition) is 4. The largest absolute Gasteiger partial charge is 0.445 e. The first kappa shape index (κ1) is 16.5. The van der Waals surface area contributed by atoms with Gasteiger partial charge < -0.3 is 14.1 Å². The molecule has 0 saturated heterocycles. The molecule has 1 aromatic heterocycles. The van der Waals surface area contributed by atoms with E-state index in [2.05, 4.69) is 13.2 Å². The SMILES string of the molecule is C=C/C=C\c1c(COC(=O)N(C)CC)cc(=O)oc1C=C. The molecule has 0 radical (unpaired) electrons. The molecule has 5 heteroatoms. The lowest BCUT2D eigenvalue weighted by molar-refractivity contribution is 0.106. The highest BCUT2D eigenvalue weighted by Gasteiger charge is 2.12. The molecule has 0 atom stereocenters. The van der Waals surface area contributed by atoms with Gasteiger partial charge in [0.25, 0.3) is 0 Å². The van der Waals surface area contributed by atoms with E-state index in [4.69, 9.17) is 9.15 Å². The van der Waals surface area contributed by atoms with Crippen molar-refractivity contribution in [3.05, 3.63) is 58.7 Å². The van der Waals surface area contributed by atoms with E-state index in [0.29, 0.717) is 23.4 Å². The maximum absolute atomic E-state index is 11.7. The third kappa shape index (κ3) is 4.49. The highest BCUT2D eigenvalue weighted by atomic mass is 16.6. The van der Waals surface area contributed by atoms with Gasteiger partial charge in [-0.1, -0.05) is 31.4 Å². The van der Waals surface area contributed by atoms with Gasteiger partial charge in [-0.3, -0.25) is 0 Å². The quantitative estimate of drug-likeness (QED) is 0.755. The molecule has 21 heavy (non-hydrogen) atoms. The van der Waals surface area contributed by atoms with Crippen molar-refractivity contribution in [3.63, 3.8) is 0 Å². The topological polar surface area (TPSA) is 59.8 Å². The van der Waals surface area contributed by atoms with Crippen LogP contribution in [0.4, 0.5) is 4.79 Å². The average Bonchev–Trinajstić information content (AvgIpc) is 2.49. The Morgan fingerprint density at radius 1 is 1.48 bits per heavy atom. The van der Waals surface area contributed by atoms with Crippen LogP contribution in [0.5, 0.6) is 0 Å². The van der Waals surface area contributed by atoms with E-state index in [1.807, 2.05) is 6.92 Å². The van der Waals surface area contributed by atoms with Crippen molar-refractivity contribution < 1.29 is 13.9 Å². The predicted molar refractivity (Wildman–Crippen MR) is 82.8 cm³/mol. The van der Waals surface area contributed by atoms with Crippen molar-refractivity contribution in [3.8, 4) is 0 Å². The third-order valence-corrected chi connectivity index (χ3v) is 2.84. The maximum atomic E-state index is 11.7. The Hall–Kier alpha value is -2.56. The summed E-state index contributed by atoms with van der Waals surface area (Å²) in [5.41, 5.74) is 0.670. The first-order chi connectivity index (χ1) is 10.0. The van der Waals surface area contributed by atoms with Crippen LogP contribution in [0.3, 0.4) is 0 Å². The molecule has 0 aliphatic heterocycles. The van der Waals surface area contributed by atoms with E-state index in [9.17, 15) is 9.59 Å². The summed E-state index contributed by atoms with van der Waals surface area (Å²) in [6.45, 7) is 9.56. The van der Waals surface area contributed by atoms with Crippen LogP contribution in [0.2, 0.25) is 0 Å². The van der Waals surface area contributed by atoms with Gasteiger partial charge in [0.2, 0.25) is 0 Å². The minimum atomic E-state index is -0.518. The van der Waals surface area contributed by atoms with Crippen LogP contribution in [-0.2, 0) is 11.3 Å². The number of ether oxygens (including phenoxy) is 1. The molecule has 1 heterocycles. The molecule has 1 aromatic rings. The Balaban J connectivity index is 3.09. The van der Waals surface area contributed by atoms with Crippen LogP contribution in [0.1, 0.15) is 23.8 Å². The van der Waals surface area contributed by atoms with Crippen molar-refractivity contribution in [2.75, 3.05) is 13.6 Å². The van der Waals surface area contributed by atoms with E-state index >= 15 is 0 Å². The van der Waals surface area contributed by atoms with Crippen LogP contribution in [0, 0.1) is 0 Å². The smallest absolute Gasteiger partial charge is 0.409 e. The molecule has 0 bridgehead atoms. The molecule has 0 unspecified atom stereocenters. The van der Waals surface area contributed by atoms with Gasteiger partial charge in [0.15, 0.2) is 0 Å². The summed E-state index contributed by atoms with van der Waals surface area (Å²) in [6.07, 6.45) is 6.00. The van der Waals surface area contributed by atoms with Crippen molar-refractivity contribution >= 4 is 18.2 Å². The minimum Gasteiger partial charge on any atom is -0.445 e. The van der Waals surface area contributed by atoms with E-state index in [1.165, 1.54) is 17.0 Å². The number of rotatable bonds is 6. The van der Waals surface area contributed by atoms with Gasteiger partial charge in [-0.2, -0.15) is 0 Å². The molecule has 5 nitrogen and oxygen atoms in total. The van der Waals surface area contributed by atoms with Crippen LogP contribution < -0.4 is 5.63 Å². The first-order valence-corrected chi connectivity index (χ1v) is 6.49. The zero-order valence-electron chi connectivity index (χ0n) is 12.3. The van der Waals surface area contributed by atoms with Crippen LogP contribution in [-0.4, -0.2) is 24.6 Å². The summed E-state index contributed by atoms with van der Waals surface area (Å²) in [5, 5.41) is 0. The second-order valence-electron chi connectivity index (χ2n) is 4.24. The number of hydrogen-bond donors (Lipinski definition) is 0. The standard InChI is InChI=1S/C16H19NO4/c1-5-8-9-13-12(10-15(18)21-14(13)6-2)11-20-16(19)17(4)7-3/h5-6,8-10H,1-2,7,11H2,3-4H3/b9-8-. The van der Waals surface area contributed by atoms with Crippen molar-refractivity contribution in [1.29, 1.82) is 0 Å². The van der Waals surface area contributed by atoms with E-state index in [0.717, 1.165) is 0 Å². The van der Waals surface area contributed by atoms with Gasteiger partial charge in [0, 0.05) is 30.8 Å². The lowest BCUT2D eigenvalue weighted by Gasteiger charge is -2.15. The second-order valence-corrected chi connectivity index (χ2v) is 4.24. The number of allylic oxidation sites excluding steroid dienone is 2. The van der Waals surface area contributed by atoms with Crippen LogP contribution in [0.15, 0.2) is 40.6 Å². The fourth-order valence-electron chi connectivity index (χ4n) is 1.57. The normalized spacial score (nSPS) is 10.4. The molecule has 0 saturated carbocycles. The fourth-order valence-corrected chi connectivity index (χ4v) is 1.57. The summed E-state index contributed by atoms with van der Waals surface area (Å²) >= 11 is 0. The van der Waals surface area contributed by atoms with Crippen molar-refractivity contribution in [2.45, 2.75) is 13.5 Å². The zero-order chi connectivity index (χ0) is 15.8. The number of nitrogens with zero attached hydrogens (tertiary/aromatic N) is 1. The van der Waals surface area contributed by atoms with E-state index in [1.54, 1.807) is 25.3 Å². The molecule has 0 N–H and O–H groups in total. The molecular formula is C16H19NO4. The third-order valence-electron chi connectivity index (χ3n) is 2.84. The minimum absolute atomic E-state index is 0.0214. The Morgan fingerprint density at radius 3 is 2.76 bits per heavy atom. The van der Waals surface area contributed by atoms with Crippen LogP contribution in [0.25, 0.3) is 12.2 Å².